The summed E-state index contributed by atoms with van der Waals surface area (Å²) >= 11 is 0. The minimum Gasteiger partial charge on any atom is -0.308 e. The summed E-state index contributed by atoms with van der Waals surface area (Å²) in [5, 5.41) is 8.12. The first-order chi connectivity index (χ1) is 9.62. The fourth-order valence-corrected chi connectivity index (χ4v) is 2.69. The van der Waals surface area contributed by atoms with Crippen molar-refractivity contribution in [1.29, 1.82) is 0 Å². The van der Waals surface area contributed by atoms with Gasteiger partial charge in [0.2, 0.25) is 0 Å². The zero-order chi connectivity index (χ0) is 14.7. The molecule has 1 unspecified atom stereocenters. The van der Waals surface area contributed by atoms with Gasteiger partial charge >= 0.3 is 0 Å². The van der Waals surface area contributed by atoms with Crippen molar-refractivity contribution in [2.75, 3.05) is 7.05 Å². The van der Waals surface area contributed by atoms with Crippen molar-refractivity contribution >= 4 is 0 Å². The van der Waals surface area contributed by atoms with E-state index < -0.39 is 0 Å². The van der Waals surface area contributed by atoms with Gasteiger partial charge < -0.3 is 5.32 Å². The molecule has 2 aromatic rings. The number of nitrogens with one attached hydrogen (secondary N) is 1. The number of aromatic nitrogens is 2. The molecule has 1 N–H and O–H groups in total. The van der Waals surface area contributed by atoms with Gasteiger partial charge in [0.05, 0.1) is 17.4 Å². The molecule has 1 heterocycles. The SMILES string of the molecule is CCc1cc(C(NC)c2cccc(C)c2C)n(CC)n1. The molecule has 3 heteroatoms. The Morgan fingerprint density at radius 2 is 2.00 bits per heavy atom. The van der Waals surface area contributed by atoms with Crippen LogP contribution in [0.25, 0.3) is 0 Å². The van der Waals surface area contributed by atoms with Crippen molar-refractivity contribution in [3.8, 4) is 0 Å². The van der Waals surface area contributed by atoms with Gasteiger partial charge in [0, 0.05) is 6.54 Å². The van der Waals surface area contributed by atoms with E-state index in [2.05, 4.69) is 67.1 Å². The molecule has 108 valence electrons. The molecule has 0 spiro atoms. The van der Waals surface area contributed by atoms with Crippen molar-refractivity contribution in [3.05, 3.63) is 52.3 Å². The molecule has 0 saturated heterocycles. The quantitative estimate of drug-likeness (QED) is 0.903. The summed E-state index contributed by atoms with van der Waals surface area (Å²) in [5.41, 5.74) is 6.44. The van der Waals surface area contributed by atoms with Crippen molar-refractivity contribution < 1.29 is 0 Å². The molecule has 1 atom stereocenters. The topological polar surface area (TPSA) is 29.9 Å². The second kappa shape index (κ2) is 6.23. The molecule has 20 heavy (non-hydrogen) atoms. The van der Waals surface area contributed by atoms with E-state index in [0.717, 1.165) is 18.7 Å². The summed E-state index contributed by atoms with van der Waals surface area (Å²) < 4.78 is 2.11. The van der Waals surface area contributed by atoms with Gasteiger partial charge in [-0.15, -0.1) is 0 Å². The molecule has 1 aromatic heterocycles. The average molecular weight is 271 g/mol. The van der Waals surface area contributed by atoms with E-state index >= 15 is 0 Å². The molecule has 0 aliphatic rings. The maximum atomic E-state index is 4.67. The van der Waals surface area contributed by atoms with E-state index in [1.807, 2.05) is 7.05 Å². The minimum absolute atomic E-state index is 0.197. The van der Waals surface area contributed by atoms with Gasteiger partial charge in [-0.1, -0.05) is 25.1 Å². The standard InChI is InChI=1S/C17H25N3/c1-6-14-11-16(20(7-2)19-14)17(18-5)15-10-8-9-12(3)13(15)4/h8-11,17-18H,6-7H2,1-5H3. The lowest BCUT2D eigenvalue weighted by atomic mass is 9.95. The van der Waals surface area contributed by atoms with Gasteiger partial charge in [0.1, 0.15) is 0 Å². The van der Waals surface area contributed by atoms with Crippen LogP contribution < -0.4 is 5.32 Å². The van der Waals surface area contributed by atoms with Crippen LogP contribution >= 0.6 is 0 Å². The van der Waals surface area contributed by atoms with Crippen molar-refractivity contribution in [3.63, 3.8) is 0 Å². The molecule has 0 fully saturated rings. The average Bonchev–Trinajstić information content (AvgIpc) is 2.87. The Hall–Kier alpha value is -1.61. The highest BCUT2D eigenvalue weighted by Crippen LogP contribution is 2.27. The van der Waals surface area contributed by atoms with Crippen LogP contribution in [0.2, 0.25) is 0 Å². The maximum absolute atomic E-state index is 4.67. The Balaban J connectivity index is 2.52. The third-order valence-corrected chi connectivity index (χ3v) is 4.07. The Morgan fingerprint density at radius 1 is 1.25 bits per heavy atom. The first kappa shape index (κ1) is 14.8. The van der Waals surface area contributed by atoms with Crippen molar-refractivity contribution in [2.45, 2.75) is 46.7 Å². The first-order valence-corrected chi connectivity index (χ1v) is 7.42. The van der Waals surface area contributed by atoms with Crippen LogP contribution in [0.15, 0.2) is 24.3 Å². The van der Waals surface area contributed by atoms with Gasteiger partial charge in [0.25, 0.3) is 0 Å². The summed E-state index contributed by atoms with van der Waals surface area (Å²) in [4.78, 5) is 0. The van der Waals surface area contributed by atoms with Gasteiger partial charge in [-0.3, -0.25) is 4.68 Å². The van der Waals surface area contributed by atoms with E-state index in [-0.39, 0.29) is 6.04 Å². The van der Waals surface area contributed by atoms with Crippen LogP contribution in [-0.2, 0) is 13.0 Å². The first-order valence-electron chi connectivity index (χ1n) is 7.42. The third-order valence-electron chi connectivity index (χ3n) is 4.07. The lowest BCUT2D eigenvalue weighted by Crippen LogP contribution is -2.22. The molecule has 0 amide bonds. The van der Waals surface area contributed by atoms with Gasteiger partial charge in [0.15, 0.2) is 0 Å². The second-order valence-corrected chi connectivity index (χ2v) is 5.24. The molecule has 0 aliphatic carbocycles. The highest BCUT2D eigenvalue weighted by Gasteiger charge is 2.19. The third kappa shape index (κ3) is 2.63. The zero-order valence-corrected chi connectivity index (χ0v) is 13.2. The summed E-state index contributed by atoms with van der Waals surface area (Å²) in [6.45, 7) is 9.56. The number of hydrogen-bond donors (Lipinski definition) is 1. The van der Waals surface area contributed by atoms with Crippen LogP contribution in [0.3, 0.4) is 0 Å². The van der Waals surface area contributed by atoms with Gasteiger partial charge in [-0.05, 0) is 57.0 Å². The predicted molar refractivity (Wildman–Crippen MR) is 84.1 cm³/mol. The van der Waals surface area contributed by atoms with E-state index in [9.17, 15) is 0 Å². The van der Waals surface area contributed by atoms with Crippen LogP contribution in [-0.4, -0.2) is 16.8 Å². The maximum Gasteiger partial charge on any atom is 0.0748 e. The summed E-state index contributed by atoms with van der Waals surface area (Å²) in [5.74, 6) is 0. The normalized spacial score (nSPS) is 12.7. The molecule has 1 aromatic carbocycles. The fourth-order valence-electron chi connectivity index (χ4n) is 2.69. The number of aryl methyl sites for hydroxylation is 3. The predicted octanol–water partition coefficient (Wildman–Crippen LogP) is 3.39. The van der Waals surface area contributed by atoms with Crippen LogP contribution in [0.4, 0.5) is 0 Å². The number of benzene rings is 1. The fraction of sp³-hybridized carbons (Fsp3) is 0.471. The Kier molecular flexibility index (Phi) is 4.61. The van der Waals surface area contributed by atoms with E-state index in [1.54, 1.807) is 0 Å². The molecular formula is C17H25N3. The molecule has 3 nitrogen and oxygen atoms in total. The van der Waals surface area contributed by atoms with E-state index in [1.165, 1.54) is 22.4 Å². The second-order valence-electron chi connectivity index (χ2n) is 5.24. The Labute approximate surface area is 122 Å². The largest absolute Gasteiger partial charge is 0.308 e. The summed E-state index contributed by atoms with van der Waals surface area (Å²) in [7, 11) is 2.02. The molecule has 0 bridgehead atoms. The number of rotatable bonds is 5. The lowest BCUT2D eigenvalue weighted by molar-refractivity contribution is 0.558. The number of hydrogen-bond acceptors (Lipinski definition) is 2. The summed E-state index contributed by atoms with van der Waals surface area (Å²) in [6.07, 6.45) is 0.975. The number of nitrogens with zero attached hydrogens (tertiary/aromatic N) is 2. The van der Waals surface area contributed by atoms with Crippen molar-refractivity contribution in [2.24, 2.45) is 0 Å². The molecular weight excluding hydrogens is 246 g/mol. The Bertz CT molecular complexity index is 584. The van der Waals surface area contributed by atoms with Gasteiger partial charge in [-0.2, -0.15) is 5.10 Å². The lowest BCUT2D eigenvalue weighted by Gasteiger charge is -2.21. The monoisotopic (exact) mass is 271 g/mol. The minimum atomic E-state index is 0.197. The van der Waals surface area contributed by atoms with E-state index in [0.29, 0.717) is 0 Å². The van der Waals surface area contributed by atoms with Gasteiger partial charge in [-0.25, -0.2) is 0 Å². The summed E-state index contributed by atoms with van der Waals surface area (Å²) in [6, 6.07) is 8.94. The van der Waals surface area contributed by atoms with Crippen LogP contribution in [0, 0.1) is 13.8 Å². The highest BCUT2D eigenvalue weighted by molar-refractivity contribution is 5.39. The Morgan fingerprint density at radius 3 is 2.60 bits per heavy atom. The van der Waals surface area contributed by atoms with Crippen LogP contribution in [0.1, 0.15) is 48.0 Å². The van der Waals surface area contributed by atoms with E-state index in [4.69, 9.17) is 0 Å². The van der Waals surface area contributed by atoms with Crippen molar-refractivity contribution in [1.82, 2.24) is 15.1 Å². The molecule has 0 aliphatic heterocycles. The molecule has 0 saturated carbocycles. The van der Waals surface area contributed by atoms with Crippen LogP contribution in [0.5, 0.6) is 0 Å². The highest BCUT2D eigenvalue weighted by atomic mass is 15.3. The smallest absolute Gasteiger partial charge is 0.0748 e. The molecule has 2 rings (SSSR count). The zero-order valence-electron chi connectivity index (χ0n) is 13.2. The molecule has 0 radical (unpaired) electrons.